The summed E-state index contributed by atoms with van der Waals surface area (Å²) in [6.45, 7) is 1.89. The topological polar surface area (TPSA) is 72.4 Å². The van der Waals surface area contributed by atoms with Gasteiger partial charge in [0.2, 0.25) is 5.91 Å². The normalized spacial score (nSPS) is 11.2. The molecule has 0 fully saturated rings. The van der Waals surface area contributed by atoms with Gasteiger partial charge in [0.25, 0.3) is 0 Å². The fraction of sp³-hybridized carbons (Fsp3) is 0.0714. The molecule has 6 nitrogen and oxygen atoms in total. The molecule has 0 radical (unpaired) electrons. The molecule has 0 bridgehead atoms. The van der Waals surface area contributed by atoms with Crippen molar-refractivity contribution in [1.82, 2.24) is 14.6 Å². The van der Waals surface area contributed by atoms with E-state index in [1.54, 1.807) is 41.4 Å². The molecule has 0 atom stereocenters. The minimum atomic E-state index is -0.258. The lowest BCUT2D eigenvalue weighted by molar-refractivity contribution is -0.111. The van der Waals surface area contributed by atoms with Crippen LogP contribution in [0.5, 0.6) is 0 Å². The number of aryl methyl sites for hydroxylation is 1. The fourth-order valence-electron chi connectivity index (χ4n) is 1.79. The Morgan fingerprint density at radius 1 is 1.50 bits per heavy atom. The van der Waals surface area contributed by atoms with E-state index in [0.717, 1.165) is 11.3 Å². The van der Waals surface area contributed by atoms with Crippen molar-refractivity contribution in [3.8, 4) is 0 Å². The van der Waals surface area contributed by atoms with Crippen LogP contribution < -0.4 is 5.32 Å². The number of hydrogen-bond acceptors (Lipinski definition) is 4. The van der Waals surface area contributed by atoms with Gasteiger partial charge < -0.3 is 9.73 Å². The van der Waals surface area contributed by atoms with Crippen molar-refractivity contribution in [2.24, 2.45) is 0 Å². The number of hydrogen-bond donors (Lipinski definition) is 1. The SMILES string of the molecule is Cc1cc2ncc(NC(=O)C=Cc3ccco3)cn2n1. The van der Waals surface area contributed by atoms with Crippen LogP contribution in [-0.4, -0.2) is 20.5 Å². The Balaban J connectivity index is 1.73. The maximum absolute atomic E-state index is 11.8. The first-order valence-corrected chi connectivity index (χ1v) is 6.05. The van der Waals surface area contributed by atoms with E-state index in [9.17, 15) is 4.79 Å². The highest BCUT2D eigenvalue weighted by atomic mass is 16.3. The molecule has 0 saturated heterocycles. The molecule has 0 unspecified atom stereocenters. The molecule has 0 saturated carbocycles. The van der Waals surface area contributed by atoms with E-state index in [1.165, 1.54) is 6.08 Å². The van der Waals surface area contributed by atoms with Crippen LogP contribution in [0.25, 0.3) is 11.7 Å². The number of nitrogens with zero attached hydrogens (tertiary/aromatic N) is 3. The molecule has 3 rings (SSSR count). The summed E-state index contributed by atoms with van der Waals surface area (Å²) in [5.74, 6) is 0.364. The van der Waals surface area contributed by atoms with Crippen LogP contribution in [0.15, 0.2) is 47.3 Å². The van der Waals surface area contributed by atoms with Gasteiger partial charge in [0.15, 0.2) is 5.65 Å². The number of nitrogens with one attached hydrogen (secondary N) is 1. The standard InChI is InChI=1S/C14H12N4O2/c1-10-7-13-15-8-11(9-18(13)17-10)16-14(19)5-4-12-3-2-6-20-12/h2-9H,1H3,(H,16,19). The van der Waals surface area contributed by atoms with E-state index in [-0.39, 0.29) is 5.91 Å². The summed E-state index contributed by atoms with van der Waals surface area (Å²) < 4.78 is 6.73. The van der Waals surface area contributed by atoms with Crippen LogP contribution in [0.4, 0.5) is 5.69 Å². The van der Waals surface area contributed by atoms with E-state index < -0.39 is 0 Å². The molecule has 0 aliphatic rings. The van der Waals surface area contributed by atoms with Crippen molar-refractivity contribution in [3.63, 3.8) is 0 Å². The molecule has 0 spiro atoms. The van der Waals surface area contributed by atoms with Gasteiger partial charge in [-0.05, 0) is 25.1 Å². The fourth-order valence-corrected chi connectivity index (χ4v) is 1.79. The molecule has 3 aromatic rings. The highest BCUT2D eigenvalue weighted by Gasteiger charge is 2.03. The molecule has 20 heavy (non-hydrogen) atoms. The number of fused-ring (bicyclic) bond motifs is 1. The van der Waals surface area contributed by atoms with Crippen molar-refractivity contribution in [3.05, 3.63) is 54.4 Å². The highest BCUT2D eigenvalue weighted by molar-refractivity contribution is 6.01. The number of carbonyl (C=O) groups is 1. The van der Waals surface area contributed by atoms with Crippen LogP contribution in [0.3, 0.4) is 0 Å². The first kappa shape index (κ1) is 12.2. The number of amides is 1. The molecule has 3 aromatic heterocycles. The highest BCUT2D eigenvalue weighted by Crippen LogP contribution is 2.09. The number of aromatic nitrogens is 3. The van der Waals surface area contributed by atoms with Gasteiger partial charge in [-0.15, -0.1) is 0 Å². The largest absolute Gasteiger partial charge is 0.465 e. The average molecular weight is 268 g/mol. The van der Waals surface area contributed by atoms with Gasteiger partial charge in [-0.3, -0.25) is 4.79 Å². The predicted molar refractivity (Wildman–Crippen MR) is 74.1 cm³/mol. The lowest BCUT2D eigenvalue weighted by Crippen LogP contribution is -2.09. The Hall–Kier alpha value is -2.89. The zero-order chi connectivity index (χ0) is 13.9. The van der Waals surface area contributed by atoms with Gasteiger partial charge in [-0.2, -0.15) is 5.10 Å². The summed E-state index contributed by atoms with van der Waals surface area (Å²) in [6.07, 6.45) is 7.86. The Morgan fingerprint density at radius 3 is 3.20 bits per heavy atom. The Bertz CT molecular complexity index is 772. The first-order valence-electron chi connectivity index (χ1n) is 6.05. The minimum Gasteiger partial charge on any atom is -0.465 e. The minimum absolute atomic E-state index is 0.258. The second-order valence-electron chi connectivity index (χ2n) is 4.27. The summed E-state index contributed by atoms with van der Waals surface area (Å²) in [5.41, 5.74) is 2.19. The Kier molecular flexibility index (Phi) is 3.04. The van der Waals surface area contributed by atoms with Gasteiger partial charge in [0, 0.05) is 12.1 Å². The average Bonchev–Trinajstić information content (AvgIpc) is 3.04. The zero-order valence-electron chi connectivity index (χ0n) is 10.8. The van der Waals surface area contributed by atoms with Crippen LogP contribution >= 0.6 is 0 Å². The number of carbonyl (C=O) groups excluding carboxylic acids is 1. The van der Waals surface area contributed by atoms with Crippen molar-refractivity contribution in [2.75, 3.05) is 5.32 Å². The molecular weight excluding hydrogens is 256 g/mol. The second kappa shape index (κ2) is 5.00. The zero-order valence-corrected chi connectivity index (χ0v) is 10.8. The summed E-state index contributed by atoms with van der Waals surface area (Å²) >= 11 is 0. The molecule has 1 N–H and O–H groups in total. The van der Waals surface area contributed by atoms with Gasteiger partial charge in [-0.1, -0.05) is 0 Å². The quantitative estimate of drug-likeness (QED) is 0.740. The lowest BCUT2D eigenvalue weighted by Gasteiger charge is -2.01. The van der Waals surface area contributed by atoms with Crippen molar-refractivity contribution >= 4 is 23.3 Å². The van der Waals surface area contributed by atoms with Gasteiger partial charge in [0.1, 0.15) is 5.76 Å². The molecule has 100 valence electrons. The summed E-state index contributed by atoms with van der Waals surface area (Å²) in [7, 11) is 0. The maximum atomic E-state index is 11.8. The van der Waals surface area contributed by atoms with Crippen LogP contribution in [0.1, 0.15) is 11.5 Å². The predicted octanol–water partition coefficient (Wildman–Crippen LogP) is 2.28. The summed E-state index contributed by atoms with van der Waals surface area (Å²) in [5, 5.41) is 6.95. The van der Waals surface area contributed by atoms with Gasteiger partial charge >= 0.3 is 0 Å². The molecule has 1 amide bonds. The lowest BCUT2D eigenvalue weighted by atomic mass is 10.4. The Morgan fingerprint density at radius 2 is 2.40 bits per heavy atom. The van der Waals surface area contributed by atoms with E-state index >= 15 is 0 Å². The number of rotatable bonds is 3. The van der Waals surface area contributed by atoms with Crippen LogP contribution in [0.2, 0.25) is 0 Å². The van der Waals surface area contributed by atoms with E-state index in [0.29, 0.717) is 11.4 Å². The number of furan rings is 1. The summed E-state index contributed by atoms with van der Waals surface area (Å²) in [4.78, 5) is 16.0. The molecular formula is C14H12N4O2. The number of anilines is 1. The summed E-state index contributed by atoms with van der Waals surface area (Å²) in [6, 6.07) is 5.39. The third-order valence-corrected chi connectivity index (χ3v) is 2.65. The van der Waals surface area contributed by atoms with E-state index in [4.69, 9.17) is 4.42 Å². The van der Waals surface area contributed by atoms with E-state index in [1.807, 2.05) is 13.0 Å². The smallest absolute Gasteiger partial charge is 0.248 e. The molecule has 0 aliphatic carbocycles. The van der Waals surface area contributed by atoms with Crippen LogP contribution in [0, 0.1) is 6.92 Å². The van der Waals surface area contributed by atoms with Crippen molar-refractivity contribution in [1.29, 1.82) is 0 Å². The van der Waals surface area contributed by atoms with Gasteiger partial charge in [0.05, 0.1) is 30.0 Å². The molecule has 0 aliphatic heterocycles. The maximum Gasteiger partial charge on any atom is 0.248 e. The molecule has 6 heteroatoms. The van der Waals surface area contributed by atoms with Crippen molar-refractivity contribution in [2.45, 2.75) is 6.92 Å². The second-order valence-corrected chi connectivity index (χ2v) is 4.27. The Labute approximate surface area is 114 Å². The van der Waals surface area contributed by atoms with Crippen LogP contribution in [-0.2, 0) is 4.79 Å². The monoisotopic (exact) mass is 268 g/mol. The molecule has 3 heterocycles. The van der Waals surface area contributed by atoms with E-state index in [2.05, 4.69) is 15.4 Å². The third-order valence-electron chi connectivity index (χ3n) is 2.65. The molecule has 0 aromatic carbocycles. The van der Waals surface area contributed by atoms with Crippen molar-refractivity contribution < 1.29 is 9.21 Å². The first-order chi connectivity index (χ1) is 9.70. The van der Waals surface area contributed by atoms with Gasteiger partial charge in [-0.25, -0.2) is 9.50 Å². The third kappa shape index (κ3) is 2.59.